The minimum atomic E-state index is -1.75. The van der Waals surface area contributed by atoms with Gasteiger partial charge < -0.3 is 64.8 Å². The van der Waals surface area contributed by atoms with Crippen molar-refractivity contribution in [3.8, 4) is 0 Å². The molecule has 4 bridgehead atoms. The summed E-state index contributed by atoms with van der Waals surface area (Å²) in [6.45, 7) is 14.9. The number of aliphatic hydroxyl groups is 1. The van der Waals surface area contributed by atoms with E-state index in [-0.39, 0.29) is 105 Å². The van der Waals surface area contributed by atoms with E-state index in [4.69, 9.17) is 13.9 Å². The topological polar surface area (TPSA) is 334 Å². The number of oxazole rings is 1. The number of likely N-dealkylation sites (N-methyl/N-ethyl adjacent to an activating group) is 1. The van der Waals surface area contributed by atoms with Crippen LogP contribution in [0.4, 0.5) is 0 Å². The van der Waals surface area contributed by atoms with Crippen LogP contribution in [-0.2, 0) is 75.1 Å². The highest BCUT2D eigenvalue weighted by Crippen LogP contribution is 2.38. The Morgan fingerprint density at radius 2 is 1.53 bits per heavy atom. The first-order chi connectivity index (χ1) is 50.2. The molecule has 2 aromatic carbocycles. The number of amides is 8. The van der Waals surface area contributed by atoms with Crippen LogP contribution in [0.15, 0.2) is 101 Å². The van der Waals surface area contributed by atoms with Gasteiger partial charge in [-0.1, -0.05) is 111 Å². The fraction of sp³-hybridized carbons (Fsp3) is 0.571. The minimum absolute atomic E-state index is 0.00420. The molecule has 11 rings (SSSR count). The quantitative estimate of drug-likeness (QED) is 0.141. The van der Waals surface area contributed by atoms with Crippen LogP contribution in [0.2, 0.25) is 0 Å². The summed E-state index contributed by atoms with van der Waals surface area (Å²) >= 11 is 2.90. The molecule has 0 spiro atoms. The Morgan fingerprint density at radius 3 is 2.24 bits per heavy atom. The van der Waals surface area contributed by atoms with E-state index in [0.717, 1.165) is 44.3 Å². The Kier molecular flexibility index (Phi) is 26.9. The lowest BCUT2D eigenvalue weighted by Crippen LogP contribution is -2.65. The smallest absolute Gasteiger partial charge is 0.333 e. The monoisotopic (exact) mass is 1480 g/mol. The number of piperidine rings is 4. The van der Waals surface area contributed by atoms with Gasteiger partial charge >= 0.3 is 11.9 Å². The molecule has 8 amide bonds. The number of nitrogens with one attached hydrogen (secondary N) is 4. The summed E-state index contributed by atoms with van der Waals surface area (Å²) in [7, 11) is 1.51. The van der Waals surface area contributed by atoms with Gasteiger partial charge in [0.2, 0.25) is 47.2 Å². The van der Waals surface area contributed by atoms with Crippen LogP contribution in [0, 0.1) is 24.7 Å². The highest BCUT2D eigenvalue weighted by molar-refractivity contribution is 8.00. The first kappa shape index (κ1) is 79.1. The number of esters is 2. The number of Topliss-reactive ketones (excluding diaryl/α,β-unsaturated/α-hetero) is 2. The summed E-state index contributed by atoms with van der Waals surface area (Å²) in [4.78, 5) is 189. The zero-order valence-electron chi connectivity index (χ0n) is 61.2. The Balaban J connectivity index is 0.926. The second-order valence-corrected chi connectivity index (χ2v) is 31.7. The summed E-state index contributed by atoms with van der Waals surface area (Å²) in [5, 5.41) is 21.5. The standard InChI is InChI=1S/C77H100N10O16S2/c1-9-60-47(5)22-25-63(91)78-30-14-16-46(4)36-53(88)38-54(89)39-65-79-55(43-101-65)71(95)86-34-28-61(68(86)75(99)103-60)104-35-29-64(92)80-66-48(6)102-74(98)67(51-17-12-11-13-18-51)81-69(93)57-40-59(90)52(44-105-62-42-84-32-26-50(62)27-33-84)41-87(57)73(97)58(37-49-23-20-45(3)21-24-49)83(8)72(96)56-19-15-31-85(56)76(100)77(7,10-2)82-70(66)94/h11-14,16-18,20-25,36,43,47-48,50,52-53,56-58,60-62,66-68,88H,9-10,15,19,26-35,37-42,44H2,1-8H3,(H,78,91)(H,80,92)(H,81,93)(H,82,94)/b16-14+,25-22+,46-36+/t47-,48-,52+,53-,56+,57+,58+,60-,61?,62?,66+,67+,68?,77-/m1/s1. The molecular weight excluding hydrogens is 1390 g/mol. The number of nitrogens with zero attached hydrogens (tertiary/aromatic N) is 6. The van der Waals surface area contributed by atoms with Gasteiger partial charge in [0.1, 0.15) is 65.8 Å². The van der Waals surface area contributed by atoms with Gasteiger partial charge in [-0.15, -0.1) is 0 Å². The third-order valence-electron chi connectivity index (χ3n) is 21.5. The van der Waals surface area contributed by atoms with E-state index >= 15 is 28.8 Å². The molecule has 7 fully saturated rings. The summed E-state index contributed by atoms with van der Waals surface area (Å²) in [6.07, 6.45) is 7.38. The van der Waals surface area contributed by atoms with Crippen molar-refractivity contribution in [2.24, 2.45) is 17.8 Å². The van der Waals surface area contributed by atoms with Crippen molar-refractivity contribution in [2.75, 3.05) is 64.4 Å². The molecule has 8 aliphatic rings. The van der Waals surface area contributed by atoms with Crippen LogP contribution in [0.5, 0.6) is 0 Å². The molecule has 3 unspecified atom stereocenters. The van der Waals surface area contributed by atoms with Crippen molar-refractivity contribution in [2.45, 2.75) is 196 Å². The maximum absolute atomic E-state index is 15.9. The van der Waals surface area contributed by atoms with E-state index in [1.54, 1.807) is 81.1 Å². The SMILES string of the molecule is CC[C@H]1OC(=O)C2C(SCCC(=O)N[C@@H]3C(=O)N[C@](C)(CC)C(=O)N4CCC[C@H]4C(=O)N(C)[C@@H](Cc4ccc(C)cc4)C(=O)N4C[C@@H](CSC5CN6CCC5CC6)C(=O)C[C@H]4C(=O)N[C@@H](c4ccccc4)C(=O)O[C@@H]3C)CCN2C(=O)c2coc(n2)CC(=O)C[C@H](O)/C=C(C)/C=C/CNC(=O)/C=C/[C@H]1C. The van der Waals surface area contributed by atoms with Gasteiger partial charge in [-0.2, -0.15) is 23.5 Å². The number of carbonyl (C=O) groups excluding carboxylic acids is 12. The van der Waals surface area contributed by atoms with Crippen LogP contribution in [0.1, 0.15) is 145 Å². The molecule has 0 aliphatic carbocycles. The van der Waals surface area contributed by atoms with Crippen molar-refractivity contribution >= 4 is 94.3 Å². The molecule has 105 heavy (non-hydrogen) atoms. The molecule has 9 heterocycles. The Labute approximate surface area is 621 Å². The average molecular weight is 1490 g/mol. The summed E-state index contributed by atoms with van der Waals surface area (Å²) in [6, 6.07) is 7.21. The van der Waals surface area contributed by atoms with Crippen molar-refractivity contribution < 1.29 is 76.5 Å². The fourth-order valence-electron chi connectivity index (χ4n) is 15.0. The number of ether oxygens (including phenoxy) is 2. The predicted octanol–water partition coefficient (Wildman–Crippen LogP) is 4.95. The number of fused-ring (bicyclic) bond motifs is 8. The number of ketones is 2. The van der Waals surface area contributed by atoms with E-state index < -0.39 is 149 Å². The van der Waals surface area contributed by atoms with Gasteiger partial charge in [0.05, 0.1) is 12.5 Å². The number of rotatable bonds is 13. The maximum Gasteiger partial charge on any atom is 0.333 e. The number of benzene rings is 2. The molecule has 7 saturated heterocycles. The van der Waals surface area contributed by atoms with E-state index in [0.29, 0.717) is 35.6 Å². The second kappa shape index (κ2) is 35.7. The first-order valence-electron chi connectivity index (χ1n) is 36.8. The third kappa shape index (κ3) is 19.6. The predicted molar refractivity (Wildman–Crippen MR) is 392 cm³/mol. The van der Waals surface area contributed by atoms with Gasteiger partial charge in [0.25, 0.3) is 5.91 Å². The third-order valence-corrected chi connectivity index (χ3v) is 24.4. The lowest BCUT2D eigenvalue weighted by molar-refractivity contribution is -0.158. The number of aliphatic hydroxyl groups excluding tert-OH is 1. The zero-order valence-corrected chi connectivity index (χ0v) is 62.8. The van der Waals surface area contributed by atoms with Crippen molar-refractivity contribution in [3.63, 3.8) is 0 Å². The largest absolute Gasteiger partial charge is 0.460 e. The van der Waals surface area contributed by atoms with Crippen LogP contribution in [0.3, 0.4) is 0 Å². The van der Waals surface area contributed by atoms with E-state index in [9.17, 15) is 33.9 Å². The van der Waals surface area contributed by atoms with Crippen molar-refractivity contribution in [1.29, 1.82) is 0 Å². The summed E-state index contributed by atoms with van der Waals surface area (Å²) in [5.74, 6) is -8.31. The molecule has 8 aliphatic heterocycles. The molecule has 3 aromatic rings. The first-order valence-corrected chi connectivity index (χ1v) is 38.9. The minimum Gasteiger partial charge on any atom is -0.460 e. The Hall–Kier alpha value is -8.47. The Morgan fingerprint density at radius 1 is 0.790 bits per heavy atom. The summed E-state index contributed by atoms with van der Waals surface area (Å²) in [5.41, 5.74) is 0.611. The number of hydrogen-bond donors (Lipinski definition) is 5. The van der Waals surface area contributed by atoms with Crippen molar-refractivity contribution in [3.05, 3.63) is 125 Å². The Bertz CT molecular complexity index is 3800. The fourth-order valence-corrected chi connectivity index (χ4v) is 18.0. The molecule has 28 heteroatoms. The van der Waals surface area contributed by atoms with E-state index in [1.807, 2.05) is 38.1 Å². The number of carbonyl (C=O) groups is 12. The van der Waals surface area contributed by atoms with Gasteiger partial charge in [-0.05, 0) is 109 Å². The van der Waals surface area contributed by atoms with Crippen LogP contribution < -0.4 is 21.3 Å². The number of aryl methyl sites for hydroxylation is 1. The molecule has 0 saturated carbocycles. The maximum atomic E-state index is 15.9. The molecule has 5 N–H and O–H groups in total. The number of cyclic esters (lactones) is 2. The van der Waals surface area contributed by atoms with Gasteiger partial charge in [-0.25, -0.2) is 14.6 Å². The molecule has 566 valence electrons. The molecule has 14 atom stereocenters. The molecule has 0 radical (unpaired) electrons. The number of hydrogen-bond acceptors (Lipinski definition) is 20. The molecule has 26 nitrogen and oxygen atoms in total. The normalized spacial score (nSPS) is 32.2. The zero-order chi connectivity index (χ0) is 75.4. The average Bonchev–Trinajstić information content (AvgIpc) is 1.74. The molecular formula is C77H100N10O16S2. The van der Waals surface area contributed by atoms with Crippen LogP contribution in [0.25, 0.3) is 0 Å². The molecule has 1 aromatic heterocycles. The highest BCUT2D eigenvalue weighted by atomic mass is 32.2. The second-order valence-electron chi connectivity index (χ2n) is 29.1. The van der Waals surface area contributed by atoms with Crippen LogP contribution >= 0.6 is 23.5 Å². The van der Waals surface area contributed by atoms with E-state index in [1.165, 1.54) is 64.4 Å². The number of allylic oxidation sites excluding steroid dienone is 2. The van der Waals surface area contributed by atoms with Gasteiger partial charge in [0.15, 0.2) is 11.7 Å². The van der Waals surface area contributed by atoms with Crippen molar-refractivity contribution in [1.82, 2.24) is 50.8 Å². The number of thioether (sulfide) groups is 2. The van der Waals surface area contributed by atoms with Crippen LogP contribution in [-0.4, -0.2) is 234 Å². The lowest BCUT2D eigenvalue weighted by atomic mass is 9.88. The lowest BCUT2D eigenvalue weighted by Gasteiger charge is -2.45. The van der Waals surface area contributed by atoms with E-state index in [2.05, 4.69) is 31.2 Å². The van der Waals surface area contributed by atoms with Gasteiger partial charge in [0, 0.05) is 99.3 Å². The highest BCUT2D eigenvalue weighted by Gasteiger charge is 2.51. The van der Waals surface area contributed by atoms with Gasteiger partial charge in [-0.3, -0.25) is 47.9 Å². The summed E-state index contributed by atoms with van der Waals surface area (Å²) < 4.78 is 18.0. The number of aromatic nitrogens is 1.